The number of carboxylic acids is 1. The molecule has 26 heavy (non-hydrogen) atoms. The number of pyridine rings is 1. The van der Waals surface area contributed by atoms with Crippen molar-refractivity contribution in [2.24, 2.45) is 5.92 Å². The Balaban J connectivity index is 2.19. The van der Waals surface area contributed by atoms with Gasteiger partial charge in [0, 0.05) is 12.3 Å². The molecule has 1 aromatic heterocycles. The van der Waals surface area contributed by atoms with Crippen molar-refractivity contribution in [1.29, 1.82) is 0 Å². The van der Waals surface area contributed by atoms with Crippen LogP contribution in [0.2, 0.25) is 0 Å². The second-order valence-electron chi connectivity index (χ2n) is 5.85. The van der Waals surface area contributed by atoms with Gasteiger partial charge in [0.2, 0.25) is 0 Å². The number of carbonyl (C=O) groups is 1. The monoisotopic (exact) mass is 385 g/mol. The van der Waals surface area contributed by atoms with E-state index in [0.29, 0.717) is 6.07 Å². The predicted molar refractivity (Wildman–Crippen MR) is 91.3 cm³/mol. The van der Waals surface area contributed by atoms with Crippen LogP contribution in [0.5, 0.6) is 0 Å². The van der Waals surface area contributed by atoms with Gasteiger partial charge in [-0.1, -0.05) is 13.8 Å². The van der Waals surface area contributed by atoms with Gasteiger partial charge in [0.05, 0.1) is 5.69 Å². The molecule has 1 aromatic carbocycles. The lowest BCUT2D eigenvalue weighted by molar-refractivity contribution is -0.138. The van der Waals surface area contributed by atoms with Gasteiger partial charge in [-0.3, -0.25) is 4.72 Å². The van der Waals surface area contributed by atoms with E-state index in [-0.39, 0.29) is 22.3 Å². The van der Waals surface area contributed by atoms with Gasteiger partial charge < -0.3 is 10.4 Å². The fraction of sp³-hybridized carbons (Fsp3) is 0.250. The summed E-state index contributed by atoms with van der Waals surface area (Å²) in [4.78, 5) is 14.8. The van der Waals surface area contributed by atoms with Gasteiger partial charge in [-0.2, -0.15) is 0 Å². The van der Waals surface area contributed by atoms with E-state index in [4.69, 9.17) is 5.11 Å². The van der Waals surface area contributed by atoms with Crippen molar-refractivity contribution in [3.63, 3.8) is 0 Å². The average molecular weight is 385 g/mol. The number of anilines is 2. The first kappa shape index (κ1) is 19.6. The van der Waals surface area contributed by atoms with Crippen LogP contribution in [0.4, 0.5) is 20.3 Å². The minimum Gasteiger partial charge on any atom is -0.480 e. The lowest BCUT2D eigenvalue weighted by Crippen LogP contribution is -2.34. The Morgan fingerprint density at radius 2 is 1.77 bits per heavy atom. The van der Waals surface area contributed by atoms with Gasteiger partial charge in [0.1, 0.15) is 28.4 Å². The highest BCUT2D eigenvalue weighted by Crippen LogP contribution is 2.19. The van der Waals surface area contributed by atoms with Crippen LogP contribution in [0.1, 0.15) is 13.8 Å². The molecule has 2 rings (SSSR count). The minimum atomic E-state index is -4.11. The number of carboxylic acid groups (broad SMARTS) is 1. The number of aliphatic carboxylic acids is 1. The lowest BCUT2D eigenvalue weighted by atomic mass is 10.1. The average Bonchev–Trinajstić information content (AvgIpc) is 2.51. The van der Waals surface area contributed by atoms with Crippen LogP contribution in [-0.4, -0.2) is 30.5 Å². The number of aromatic nitrogens is 1. The molecular formula is C16H17F2N3O4S. The lowest BCUT2D eigenvalue weighted by Gasteiger charge is -2.18. The molecule has 0 bridgehead atoms. The molecule has 0 radical (unpaired) electrons. The number of halogens is 2. The quantitative estimate of drug-likeness (QED) is 0.676. The van der Waals surface area contributed by atoms with Crippen LogP contribution in [0.3, 0.4) is 0 Å². The molecule has 0 amide bonds. The summed E-state index contributed by atoms with van der Waals surface area (Å²) in [6, 6.07) is 3.91. The highest BCUT2D eigenvalue weighted by atomic mass is 32.2. The Morgan fingerprint density at radius 1 is 1.15 bits per heavy atom. The van der Waals surface area contributed by atoms with Crippen molar-refractivity contribution in [2.45, 2.75) is 24.8 Å². The van der Waals surface area contributed by atoms with Gasteiger partial charge in [-0.05, 0) is 30.2 Å². The molecule has 1 atom stereocenters. The molecule has 10 heteroatoms. The van der Waals surface area contributed by atoms with Crippen molar-refractivity contribution in [2.75, 3.05) is 10.0 Å². The number of sulfonamides is 1. The third-order valence-electron chi connectivity index (χ3n) is 3.40. The van der Waals surface area contributed by atoms with E-state index in [9.17, 15) is 22.0 Å². The Kier molecular flexibility index (Phi) is 5.76. The highest BCUT2D eigenvalue weighted by molar-refractivity contribution is 7.92. The van der Waals surface area contributed by atoms with Gasteiger partial charge in [0.25, 0.3) is 10.0 Å². The molecule has 0 aliphatic rings. The van der Waals surface area contributed by atoms with E-state index in [1.165, 1.54) is 12.1 Å². The van der Waals surface area contributed by atoms with Crippen molar-refractivity contribution in [3.8, 4) is 0 Å². The summed E-state index contributed by atoms with van der Waals surface area (Å²) in [5.74, 6) is -2.94. The van der Waals surface area contributed by atoms with Crippen molar-refractivity contribution >= 4 is 27.5 Å². The van der Waals surface area contributed by atoms with E-state index in [0.717, 1.165) is 18.3 Å². The number of rotatable bonds is 7. The molecule has 0 saturated heterocycles. The molecule has 0 aliphatic carbocycles. The molecule has 1 heterocycles. The van der Waals surface area contributed by atoms with E-state index >= 15 is 0 Å². The SMILES string of the molecule is CC(C)[C@@H](Nc1ccc(S(=O)(=O)Nc2cc(F)cc(F)c2)cn1)C(=O)O. The topological polar surface area (TPSA) is 108 Å². The summed E-state index contributed by atoms with van der Waals surface area (Å²) in [5.41, 5.74) is -0.268. The number of benzene rings is 1. The summed E-state index contributed by atoms with van der Waals surface area (Å²) in [7, 11) is -4.11. The summed E-state index contributed by atoms with van der Waals surface area (Å²) in [5, 5.41) is 11.8. The summed E-state index contributed by atoms with van der Waals surface area (Å²) in [6.45, 7) is 3.43. The van der Waals surface area contributed by atoms with Crippen LogP contribution in [-0.2, 0) is 14.8 Å². The van der Waals surface area contributed by atoms with E-state index in [1.807, 2.05) is 0 Å². The first-order chi connectivity index (χ1) is 12.1. The summed E-state index contributed by atoms with van der Waals surface area (Å²) < 4.78 is 52.9. The second-order valence-corrected chi connectivity index (χ2v) is 7.53. The third kappa shape index (κ3) is 4.88. The molecule has 0 unspecified atom stereocenters. The van der Waals surface area contributed by atoms with Crippen molar-refractivity contribution in [1.82, 2.24) is 4.98 Å². The van der Waals surface area contributed by atoms with Gasteiger partial charge in [-0.25, -0.2) is 27.0 Å². The maximum absolute atomic E-state index is 13.2. The van der Waals surface area contributed by atoms with Gasteiger partial charge in [0.15, 0.2) is 0 Å². The molecular weight excluding hydrogens is 368 g/mol. The summed E-state index contributed by atoms with van der Waals surface area (Å²) >= 11 is 0. The smallest absolute Gasteiger partial charge is 0.326 e. The standard InChI is InChI=1S/C16H17F2N3O4S/c1-9(2)15(16(22)23)20-14-4-3-13(8-19-14)26(24,25)21-12-6-10(17)5-11(18)7-12/h3-9,15,21H,1-2H3,(H,19,20)(H,22,23)/t15-/m1/s1. The van der Waals surface area contributed by atoms with Crippen LogP contribution in [0.25, 0.3) is 0 Å². The van der Waals surface area contributed by atoms with E-state index in [1.54, 1.807) is 13.8 Å². The Hall–Kier alpha value is -2.75. The van der Waals surface area contributed by atoms with Crippen LogP contribution < -0.4 is 10.0 Å². The minimum absolute atomic E-state index is 0.182. The number of hydrogen-bond donors (Lipinski definition) is 3. The van der Waals surface area contributed by atoms with E-state index in [2.05, 4.69) is 15.0 Å². The molecule has 7 nitrogen and oxygen atoms in total. The zero-order chi connectivity index (χ0) is 19.5. The normalized spacial score (nSPS) is 12.7. The maximum atomic E-state index is 13.2. The zero-order valence-electron chi connectivity index (χ0n) is 13.9. The Morgan fingerprint density at radius 3 is 2.23 bits per heavy atom. The first-order valence-electron chi connectivity index (χ1n) is 7.53. The molecule has 0 aliphatic heterocycles. The van der Waals surface area contributed by atoms with E-state index < -0.39 is 33.7 Å². The second kappa shape index (κ2) is 7.65. The number of nitrogens with zero attached hydrogens (tertiary/aromatic N) is 1. The molecule has 3 N–H and O–H groups in total. The molecule has 0 saturated carbocycles. The van der Waals surface area contributed by atoms with Crippen LogP contribution in [0.15, 0.2) is 41.4 Å². The Bertz CT molecular complexity index is 882. The van der Waals surface area contributed by atoms with Crippen LogP contribution in [0, 0.1) is 17.6 Å². The third-order valence-corrected chi connectivity index (χ3v) is 4.76. The number of hydrogen-bond acceptors (Lipinski definition) is 5. The number of nitrogens with one attached hydrogen (secondary N) is 2. The molecule has 0 fully saturated rings. The zero-order valence-corrected chi connectivity index (χ0v) is 14.7. The van der Waals surface area contributed by atoms with Gasteiger partial charge >= 0.3 is 5.97 Å². The van der Waals surface area contributed by atoms with Gasteiger partial charge in [-0.15, -0.1) is 0 Å². The fourth-order valence-corrected chi connectivity index (χ4v) is 3.11. The van der Waals surface area contributed by atoms with Crippen molar-refractivity contribution in [3.05, 3.63) is 48.2 Å². The largest absolute Gasteiger partial charge is 0.480 e. The fourth-order valence-electron chi connectivity index (χ4n) is 2.12. The maximum Gasteiger partial charge on any atom is 0.326 e. The van der Waals surface area contributed by atoms with Crippen molar-refractivity contribution < 1.29 is 27.1 Å². The first-order valence-corrected chi connectivity index (χ1v) is 9.01. The molecule has 0 spiro atoms. The molecule has 140 valence electrons. The molecule has 2 aromatic rings. The van der Waals surface area contributed by atoms with Crippen LogP contribution >= 0.6 is 0 Å². The Labute approximate surface area is 149 Å². The predicted octanol–water partition coefficient (Wildman–Crippen LogP) is 2.68. The highest BCUT2D eigenvalue weighted by Gasteiger charge is 2.22. The summed E-state index contributed by atoms with van der Waals surface area (Å²) in [6.07, 6.45) is 1.01.